The number of carbonyl (C=O) groups is 1. The van der Waals surface area contributed by atoms with Gasteiger partial charge in [-0.3, -0.25) is 9.69 Å². The SMILES string of the molecule is Cc1ccc(C(C(=O)N2CCNCC2)N(C)C)cc1. The molecule has 1 heterocycles. The summed E-state index contributed by atoms with van der Waals surface area (Å²) in [6.07, 6.45) is 0. The molecule has 1 atom stereocenters. The van der Waals surface area contributed by atoms with Crippen molar-refractivity contribution in [1.29, 1.82) is 0 Å². The Morgan fingerprint density at radius 3 is 2.32 bits per heavy atom. The van der Waals surface area contributed by atoms with Crippen molar-refractivity contribution in [3.63, 3.8) is 0 Å². The van der Waals surface area contributed by atoms with Gasteiger partial charge in [-0.1, -0.05) is 29.8 Å². The Bertz CT molecular complexity index is 422. The van der Waals surface area contributed by atoms with Gasteiger partial charge in [0, 0.05) is 26.2 Å². The number of benzene rings is 1. The van der Waals surface area contributed by atoms with Crippen LogP contribution in [0.1, 0.15) is 17.2 Å². The molecule has 104 valence electrons. The molecule has 0 aliphatic carbocycles. The molecular weight excluding hydrogens is 238 g/mol. The second-order valence-electron chi connectivity index (χ2n) is 5.35. The maximum Gasteiger partial charge on any atom is 0.244 e. The van der Waals surface area contributed by atoms with Crippen molar-refractivity contribution in [3.8, 4) is 0 Å². The molecule has 4 nitrogen and oxygen atoms in total. The molecule has 0 aromatic heterocycles. The molecule has 1 aromatic carbocycles. The molecule has 1 aromatic rings. The quantitative estimate of drug-likeness (QED) is 0.883. The van der Waals surface area contributed by atoms with Gasteiger partial charge in [0.05, 0.1) is 0 Å². The van der Waals surface area contributed by atoms with E-state index in [1.54, 1.807) is 0 Å². The number of hydrogen-bond donors (Lipinski definition) is 1. The first kappa shape index (κ1) is 14.0. The second kappa shape index (κ2) is 6.17. The van der Waals surface area contributed by atoms with Crippen LogP contribution in [0.4, 0.5) is 0 Å². The van der Waals surface area contributed by atoms with E-state index in [2.05, 4.69) is 36.5 Å². The molecule has 0 spiro atoms. The summed E-state index contributed by atoms with van der Waals surface area (Å²) in [5.41, 5.74) is 2.29. The van der Waals surface area contributed by atoms with E-state index in [1.165, 1.54) is 5.56 Å². The molecule has 1 saturated heterocycles. The van der Waals surface area contributed by atoms with Crippen LogP contribution in [0.15, 0.2) is 24.3 Å². The lowest BCUT2D eigenvalue weighted by Gasteiger charge is -2.33. The Hall–Kier alpha value is -1.39. The standard InChI is InChI=1S/C15H23N3O/c1-12-4-6-13(7-5-12)14(17(2)3)15(19)18-10-8-16-9-11-18/h4-7,14,16H,8-11H2,1-3H3. The summed E-state index contributed by atoms with van der Waals surface area (Å²) < 4.78 is 0. The fourth-order valence-corrected chi connectivity index (χ4v) is 2.47. The van der Waals surface area contributed by atoms with Crippen molar-refractivity contribution >= 4 is 5.91 Å². The number of rotatable bonds is 3. The highest BCUT2D eigenvalue weighted by Crippen LogP contribution is 2.21. The molecule has 1 N–H and O–H groups in total. The van der Waals surface area contributed by atoms with Gasteiger partial charge in [-0.05, 0) is 26.6 Å². The highest BCUT2D eigenvalue weighted by atomic mass is 16.2. The minimum atomic E-state index is -0.182. The molecule has 4 heteroatoms. The number of likely N-dealkylation sites (N-methyl/N-ethyl adjacent to an activating group) is 1. The van der Waals surface area contributed by atoms with Gasteiger partial charge in [0.25, 0.3) is 0 Å². The molecule has 1 unspecified atom stereocenters. The van der Waals surface area contributed by atoms with E-state index in [-0.39, 0.29) is 11.9 Å². The molecule has 1 aliphatic rings. The molecule has 1 aliphatic heterocycles. The van der Waals surface area contributed by atoms with Crippen molar-refractivity contribution in [2.45, 2.75) is 13.0 Å². The van der Waals surface area contributed by atoms with E-state index in [0.717, 1.165) is 31.7 Å². The van der Waals surface area contributed by atoms with Gasteiger partial charge in [-0.15, -0.1) is 0 Å². The normalized spacial score (nSPS) is 17.6. The zero-order valence-electron chi connectivity index (χ0n) is 12.0. The number of nitrogens with one attached hydrogen (secondary N) is 1. The largest absolute Gasteiger partial charge is 0.338 e. The minimum Gasteiger partial charge on any atom is -0.338 e. The van der Waals surface area contributed by atoms with Crippen LogP contribution < -0.4 is 5.32 Å². The van der Waals surface area contributed by atoms with Gasteiger partial charge in [0.1, 0.15) is 6.04 Å². The van der Waals surface area contributed by atoms with Crippen LogP contribution in [-0.2, 0) is 4.79 Å². The van der Waals surface area contributed by atoms with Crippen molar-refractivity contribution in [2.75, 3.05) is 40.3 Å². The smallest absolute Gasteiger partial charge is 0.244 e. The van der Waals surface area contributed by atoms with Crippen LogP contribution in [0.3, 0.4) is 0 Å². The van der Waals surface area contributed by atoms with Gasteiger partial charge in [0.2, 0.25) is 5.91 Å². The van der Waals surface area contributed by atoms with Crippen molar-refractivity contribution in [1.82, 2.24) is 15.1 Å². The molecule has 0 radical (unpaired) electrons. The lowest BCUT2D eigenvalue weighted by Crippen LogP contribution is -2.49. The predicted molar refractivity (Wildman–Crippen MR) is 77.1 cm³/mol. The van der Waals surface area contributed by atoms with Gasteiger partial charge < -0.3 is 10.2 Å². The van der Waals surface area contributed by atoms with E-state index < -0.39 is 0 Å². The van der Waals surface area contributed by atoms with Crippen molar-refractivity contribution in [2.24, 2.45) is 0 Å². The minimum absolute atomic E-state index is 0.182. The van der Waals surface area contributed by atoms with Gasteiger partial charge in [-0.25, -0.2) is 0 Å². The lowest BCUT2D eigenvalue weighted by molar-refractivity contribution is -0.136. The van der Waals surface area contributed by atoms with E-state index in [0.29, 0.717) is 0 Å². The van der Waals surface area contributed by atoms with Gasteiger partial charge >= 0.3 is 0 Å². The molecule has 0 bridgehead atoms. The Balaban J connectivity index is 2.19. The second-order valence-corrected chi connectivity index (χ2v) is 5.35. The van der Waals surface area contributed by atoms with E-state index in [4.69, 9.17) is 0 Å². The third-order valence-corrected chi connectivity index (χ3v) is 3.57. The van der Waals surface area contributed by atoms with Crippen LogP contribution in [0, 0.1) is 6.92 Å². The third kappa shape index (κ3) is 3.33. The summed E-state index contributed by atoms with van der Waals surface area (Å²) in [6, 6.07) is 8.06. The summed E-state index contributed by atoms with van der Waals surface area (Å²) in [6.45, 7) is 5.44. The van der Waals surface area contributed by atoms with Crippen LogP contribution in [0.25, 0.3) is 0 Å². The van der Waals surface area contributed by atoms with Crippen LogP contribution in [-0.4, -0.2) is 56.0 Å². The summed E-state index contributed by atoms with van der Waals surface area (Å²) in [5.74, 6) is 0.204. The molecule has 19 heavy (non-hydrogen) atoms. The number of amides is 1. The van der Waals surface area contributed by atoms with Crippen molar-refractivity contribution < 1.29 is 4.79 Å². The average Bonchev–Trinajstić information content (AvgIpc) is 2.42. The van der Waals surface area contributed by atoms with E-state index in [9.17, 15) is 4.79 Å². The first-order chi connectivity index (χ1) is 9.09. The van der Waals surface area contributed by atoms with Gasteiger partial charge in [-0.2, -0.15) is 0 Å². The summed E-state index contributed by atoms with van der Waals surface area (Å²) in [7, 11) is 3.93. The average molecular weight is 261 g/mol. The van der Waals surface area contributed by atoms with Gasteiger partial charge in [0.15, 0.2) is 0 Å². The third-order valence-electron chi connectivity index (χ3n) is 3.57. The number of hydrogen-bond acceptors (Lipinski definition) is 3. The van der Waals surface area contributed by atoms with Crippen molar-refractivity contribution in [3.05, 3.63) is 35.4 Å². The fourth-order valence-electron chi connectivity index (χ4n) is 2.47. The van der Waals surface area contributed by atoms with Crippen LogP contribution >= 0.6 is 0 Å². The molecule has 1 amide bonds. The predicted octanol–water partition coefficient (Wildman–Crippen LogP) is 1.03. The van der Waals surface area contributed by atoms with E-state index >= 15 is 0 Å². The molecular formula is C15H23N3O. The Kier molecular flexibility index (Phi) is 4.56. The summed E-state index contributed by atoms with van der Waals surface area (Å²) in [4.78, 5) is 16.6. The zero-order valence-corrected chi connectivity index (χ0v) is 12.0. The summed E-state index contributed by atoms with van der Waals surface area (Å²) >= 11 is 0. The Morgan fingerprint density at radius 1 is 1.21 bits per heavy atom. The maximum absolute atomic E-state index is 12.7. The number of aryl methyl sites for hydroxylation is 1. The molecule has 0 saturated carbocycles. The monoisotopic (exact) mass is 261 g/mol. The number of carbonyl (C=O) groups excluding carboxylic acids is 1. The van der Waals surface area contributed by atoms with Crippen LogP contribution in [0.2, 0.25) is 0 Å². The molecule has 1 fully saturated rings. The summed E-state index contributed by atoms with van der Waals surface area (Å²) in [5, 5.41) is 3.28. The molecule has 2 rings (SSSR count). The number of piperazine rings is 1. The first-order valence-electron chi connectivity index (χ1n) is 6.82. The first-order valence-corrected chi connectivity index (χ1v) is 6.82. The van der Waals surface area contributed by atoms with E-state index in [1.807, 2.05) is 23.9 Å². The van der Waals surface area contributed by atoms with Crippen LogP contribution in [0.5, 0.6) is 0 Å². The maximum atomic E-state index is 12.7. The highest BCUT2D eigenvalue weighted by Gasteiger charge is 2.28. The Labute approximate surface area is 115 Å². The Morgan fingerprint density at radius 2 is 1.79 bits per heavy atom. The fraction of sp³-hybridized carbons (Fsp3) is 0.533. The topological polar surface area (TPSA) is 35.6 Å². The lowest BCUT2D eigenvalue weighted by atomic mass is 10.0. The highest BCUT2D eigenvalue weighted by molar-refractivity contribution is 5.83. The number of nitrogens with zero attached hydrogens (tertiary/aromatic N) is 2. The zero-order chi connectivity index (χ0) is 13.8.